The van der Waals surface area contributed by atoms with E-state index in [1.54, 1.807) is 11.3 Å². The molecular formula is C12H19NS3. The Morgan fingerprint density at radius 2 is 2.06 bits per heavy atom. The van der Waals surface area contributed by atoms with Crippen molar-refractivity contribution in [3.8, 4) is 0 Å². The smallest absolute Gasteiger partial charge is 0.149 e. The Bertz CT molecular complexity index is 289. The van der Waals surface area contributed by atoms with Crippen LogP contribution in [-0.2, 0) is 0 Å². The fourth-order valence-electron chi connectivity index (χ4n) is 2.32. The van der Waals surface area contributed by atoms with E-state index in [-0.39, 0.29) is 0 Å². The van der Waals surface area contributed by atoms with Gasteiger partial charge in [-0.15, -0.1) is 11.3 Å². The van der Waals surface area contributed by atoms with Gasteiger partial charge < -0.3 is 0 Å². The fraction of sp³-hybridized carbons (Fsp3) is 0.750. The maximum atomic E-state index is 4.60. The molecule has 1 aliphatic rings. The Kier molecular flexibility index (Phi) is 5.04. The van der Waals surface area contributed by atoms with Gasteiger partial charge in [-0.3, -0.25) is 0 Å². The first-order valence-electron chi connectivity index (χ1n) is 5.98. The van der Waals surface area contributed by atoms with Crippen LogP contribution in [0.25, 0.3) is 0 Å². The van der Waals surface area contributed by atoms with Gasteiger partial charge in [0.1, 0.15) is 4.34 Å². The molecule has 0 radical (unpaired) electrons. The molecule has 90 valence electrons. The lowest BCUT2D eigenvalue weighted by atomic mass is 9.84. The van der Waals surface area contributed by atoms with Crippen LogP contribution < -0.4 is 0 Å². The second-order valence-corrected chi connectivity index (χ2v) is 7.09. The largest absolute Gasteiger partial charge is 0.238 e. The lowest BCUT2D eigenvalue weighted by Crippen LogP contribution is -2.25. The Morgan fingerprint density at radius 1 is 1.31 bits per heavy atom. The molecule has 1 heterocycles. The van der Waals surface area contributed by atoms with E-state index >= 15 is 0 Å². The van der Waals surface area contributed by atoms with E-state index in [2.05, 4.69) is 23.0 Å². The van der Waals surface area contributed by atoms with Crippen molar-refractivity contribution in [3.05, 3.63) is 11.6 Å². The third-order valence-electron chi connectivity index (χ3n) is 3.41. The molecule has 0 aromatic carbocycles. The van der Waals surface area contributed by atoms with E-state index in [4.69, 9.17) is 0 Å². The number of rotatable bonds is 4. The van der Waals surface area contributed by atoms with Crippen molar-refractivity contribution in [2.75, 3.05) is 11.5 Å². The molecule has 0 unspecified atom stereocenters. The molecule has 1 aliphatic carbocycles. The van der Waals surface area contributed by atoms with E-state index in [1.165, 1.54) is 48.6 Å². The summed E-state index contributed by atoms with van der Waals surface area (Å²) in [7, 11) is 0. The van der Waals surface area contributed by atoms with E-state index in [0.29, 0.717) is 5.41 Å². The van der Waals surface area contributed by atoms with Crippen molar-refractivity contribution in [3.63, 3.8) is 0 Å². The van der Waals surface area contributed by atoms with Crippen LogP contribution in [0.5, 0.6) is 0 Å². The molecule has 1 nitrogen and oxygen atoms in total. The van der Waals surface area contributed by atoms with Crippen molar-refractivity contribution in [2.24, 2.45) is 5.41 Å². The first-order chi connectivity index (χ1) is 7.85. The minimum Gasteiger partial charge on any atom is -0.238 e. The summed E-state index contributed by atoms with van der Waals surface area (Å²) in [6, 6.07) is 0. The number of hydrogen-bond acceptors (Lipinski definition) is 4. The van der Waals surface area contributed by atoms with Gasteiger partial charge in [0, 0.05) is 17.3 Å². The van der Waals surface area contributed by atoms with Crippen molar-refractivity contribution < 1.29 is 0 Å². The molecule has 0 saturated heterocycles. The highest BCUT2D eigenvalue weighted by Crippen LogP contribution is 2.40. The minimum absolute atomic E-state index is 0.468. The number of thiol groups is 1. The van der Waals surface area contributed by atoms with Crippen LogP contribution in [0.15, 0.2) is 15.9 Å². The molecule has 1 aromatic heterocycles. The number of aromatic nitrogens is 1. The molecule has 0 aliphatic heterocycles. The molecule has 0 atom stereocenters. The number of thioether (sulfide) groups is 1. The fourth-order valence-corrected chi connectivity index (χ4v) is 4.83. The third kappa shape index (κ3) is 3.41. The zero-order chi connectivity index (χ0) is 11.3. The Labute approximate surface area is 112 Å². The Balaban J connectivity index is 1.92. The van der Waals surface area contributed by atoms with Crippen molar-refractivity contribution in [1.29, 1.82) is 0 Å². The summed E-state index contributed by atoms with van der Waals surface area (Å²) in [4.78, 5) is 4.35. The van der Waals surface area contributed by atoms with Crippen LogP contribution >= 0.6 is 35.7 Å². The van der Waals surface area contributed by atoms with Crippen molar-refractivity contribution >= 4 is 35.7 Å². The number of hydrogen-bond donors (Lipinski definition) is 1. The molecule has 0 spiro atoms. The van der Waals surface area contributed by atoms with Gasteiger partial charge in [0.2, 0.25) is 0 Å². The van der Waals surface area contributed by atoms with Crippen LogP contribution in [-0.4, -0.2) is 16.5 Å². The zero-order valence-electron chi connectivity index (χ0n) is 9.52. The van der Waals surface area contributed by atoms with Crippen molar-refractivity contribution in [2.45, 2.75) is 42.9 Å². The van der Waals surface area contributed by atoms with E-state index in [1.807, 2.05) is 18.0 Å². The summed E-state index contributed by atoms with van der Waals surface area (Å²) in [5.74, 6) is 2.23. The molecule has 2 rings (SSSR count). The Morgan fingerprint density at radius 3 is 2.62 bits per heavy atom. The second kappa shape index (κ2) is 6.31. The maximum Gasteiger partial charge on any atom is 0.149 e. The standard InChI is InChI=1S/C12H19NS3/c14-9-12(5-3-1-2-4-6-12)10-16-11-13-7-8-15-11/h7-8,14H,1-6,9-10H2. The first-order valence-corrected chi connectivity index (χ1v) is 8.48. The molecular weight excluding hydrogens is 254 g/mol. The summed E-state index contributed by atoms with van der Waals surface area (Å²) in [6.07, 6.45) is 10.2. The predicted octanol–water partition coefficient (Wildman–Crippen LogP) is 4.51. The lowest BCUT2D eigenvalue weighted by Gasteiger charge is -2.30. The average Bonchev–Trinajstić information content (AvgIpc) is 2.72. The minimum atomic E-state index is 0.468. The molecule has 1 aromatic rings. The predicted molar refractivity (Wildman–Crippen MR) is 76.8 cm³/mol. The Hall–Kier alpha value is 0.330. The van der Waals surface area contributed by atoms with E-state index < -0.39 is 0 Å². The molecule has 1 saturated carbocycles. The summed E-state index contributed by atoms with van der Waals surface area (Å²) in [6.45, 7) is 0. The maximum absolute atomic E-state index is 4.60. The quantitative estimate of drug-likeness (QED) is 0.492. The van der Waals surface area contributed by atoms with Crippen molar-refractivity contribution in [1.82, 2.24) is 4.98 Å². The molecule has 0 bridgehead atoms. The number of nitrogens with zero attached hydrogens (tertiary/aromatic N) is 1. The normalized spacial score (nSPS) is 20.6. The summed E-state index contributed by atoms with van der Waals surface area (Å²) in [5.41, 5.74) is 0.468. The first kappa shape index (κ1) is 12.8. The summed E-state index contributed by atoms with van der Waals surface area (Å²) in [5, 5.41) is 2.06. The van der Waals surface area contributed by atoms with Gasteiger partial charge in [-0.05, 0) is 24.0 Å². The highest BCUT2D eigenvalue weighted by Gasteiger charge is 2.29. The van der Waals surface area contributed by atoms with Crippen LogP contribution in [0, 0.1) is 5.41 Å². The molecule has 0 N–H and O–H groups in total. The molecule has 16 heavy (non-hydrogen) atoms. The molecule has 4 heteroatoms. The van der Waals surface area contributed by atoms with Crippen LogP contribution in [0.2, 0.25) is 0 Å². The van der Waals surface area contributed by atoms with E-state index in [9.17, 15) is 0 Å². The summed E-state index contributed by atoms with van der Waals surface area (Å²) >= 11 is 8.28. The second-order valence-electron chi connectivity index (χ2n) is 4.66. The van der Waals surface area contributed by atoms with Gasteiger partial charge in [-0.2, -0.15) is 12.6 Å². The van der Waals surface area contributed by atoms with Crippen LogP contribution in [0.3, 0.4) is 0 Å². The van der Waals surface area contributed by atoms with E-state index in [0.717, 1.165) is 5.75 Å². The van der Waals surface area contributed by atoms with Gasteiger partial charge in [0.25, 0.3) is 0 Å². The topological polar surface area (TPSA) is 12.9 Å². The van der Waals surface area contributed by atoms with Gasteiger partial charge >= 0.3 is 0 Å². The van der Waals surface area contributed by atoms with Crippen LogP contribution in [0.1, 0.15) is 38.5 Å². The molecule has 0 amide bonds. The van der Waals surface area contributed by atoms with Gasteiger partial charge in [0.05, 0.1) is 0 Å². The molecule has 1 fully saturated rings. The van der Waals surface area contributed by atoms with Crippen LogP contribution in [0.4, 0.5) is 0 Å². The van der Waals surface area contributed by atoms with Gasteiger partial charge in [0.15, 0.2) is 0 Å². The monoisotopic (exact) mass is 273 g/mol. The SMILES string of the molecule is SCC1(CSc2nccs2)CCCCCC1. The average molecular weight is 273 g/mol. The lowest BCUT2D eigenvalue weighted by molar-refractivity contribution is 0.332. The number of thiazole rings is 1. The zero-order valence-corrected chi connectivity index (χ0v) is 12.0. The van der Waals surface area contributed by atoms with Gasteiger partial charge in [-0.25, -0.2) is 4.98 Å². The third-order valence-corrected chi connectivity index (χ3v) is 6.40. The highest BCUT2D eigenvalue weighted by atomic mass is 32.2. The highest BCUT2D eigenvalue weighted by molar-refractivity contribution is 8.01. The van der Waals surface area contributed by atoms with Gasteiger partial charge in [-0.1, -0.05) is 37.4 Å². The summed E-state index contributed by atoms with van der Waals surface area (Å²) < 4.78 is 1.21.